The average Bonchev–Trinajstić information content (AvgIpc) is 2.31. The Morgan fingerprint density at radius 1 is 1.22 bits per heavy atom. The highest BCUT2D eigenvalue weighted by Gasteiger charge is 2.13. The van der Waals surface area contributed by atoms with E-state index in [-0.39, 0.29) is 12.0 Å². The molecule has 0 aliphatic heterocycles. The zero-order valence-corrected chi connectivity index (χ0v) is 13.3. The quantitative estimate of drug-likeness (QED) is 0.757. The summed E-state index contributed by atoms with van der Waals surface area (Å²) >= 11 is 2.27. The second-order valence-corrected chi connectivity index (χ2v) is 6.32. The summed E-state index contributed by atoms with van der Waals surface area (Å²) in [6, 6.07) is 8.40. The number of halogens is 1. The number of carbonyl (C=O) groups is 1. The van der Waals surface area contributed by atoms with Gasteiger partial charge < -0.3 is 5.73 Å². The molecule has 0 aliphatic carbocycles. The second kappa shape index (κ2) is 7.89. The zero-order valence-electron chi connectivity index (χ0n) is 11.2. The predicted octanol–water partition coefficient (Wildman–Crippen LogP) is 3.56. The Labute approximate surface area is 123 Å². The van der Waals surface area contributed by atoms with Crippen LogP contribution in [-0.4, -0.2) is 11.8 Å². The first-order valence-corrected chi connectivity index (χ1v) is 7.59. The summed E-state index contributed by atoms with van der Waals surface area (Å²) in [5.41, 5.74) is 6.82. The standard InChI is InChI=1S/C15H22INO/c1-11(4-3-5-12(2)17)15(18)10-13-6-8-14(16)9-7-13/h6-9,11-12H,3-5,10,17H2,1-2H3. The molecule has 1 rings (SSSR count). The molecule has 100 valence electrons. The van der Waals surface area contributed by atoms with Gasteiger partial charge in [0.25, 0.3) is 0 Å². The number of carbonyl (C=O) groups excluding carboxylic acids is 1. The van der Waals surface area contributed by atoms with E-state index in [1.165, 1.54) is 3.57 Å². The Kier molecular flexibility index (Phi) is 6.86. The minimum Gasteiger partial charge on any atom is -0.328 e. The molecule has 18 heavy (non-hydrogen) atoms. The lowest BCUT2D eigenvalue weighted by molar-refractivity contribution is -0.121. The number of benzene rings is 1. The molecule has 3 heteroatoms. The van der Waals surface area contributed by atoms with Crippen molar-refractivity contribution in [3.8, 4) is 0 Å². The molecule has 0 saturated carbocycles. The molecule has 0 bridgehead atoms. The lowest BCUT2D eigenvalue weighted by atomic mass is 9.94. The van der Waals surface area contributed by atoms with Crippen LogP contribution in [0, 0.1) is 9.49 Å². The molecule has 0 amide bonds. The molecule has 0 radical (unpaired) electrons. The number of nitrogens with two attached hydrogens (primary N) is 1. The average molecular weight is 359 g/mol. The van der Waals surface area contributed by atoms with Crippen LogP contribution in [0.3, 0.4) is 0 Å². The van der Waals surface area contributed by atoms with E-state index in [9.17, 15) is 4.79 Å². The molecule has 0 aliphatic rings. The zero-order chi connectivity index (χ0) is 13.5. The lowest BCUT2D eigenvalue weighted by Gasteiger charge is -2.11. The van der Waals surface area contributed by atoms with Crippen molar-refractivity contribution >= 4 is 28.4 Å². The Morgan fingerprint density at radius 3 is 2.39 bits per heavy atom. The SMILES string of the molecule is CC(N)CCCC(C)C(=O)Cc1ccc(I)cc1. The van der Waals surface area contributed by atoms with Gasteiger partial charge in [-0.15, -0.1) is 0 Å². The van der Waals surface area contributed by atoms with Gasteiger partial charge in [0.15, 0.2) is 0 Å². The first-order chi connectivity index (χ1) is 8.49. The Hall–Kier alpha value is -0.420. The van der Waals surface area contributed by atoms with E-state index < -0.39 is 0 Å². The van der Waals surface area contributed by atoms with Crippen LogP contribution in [0.2, 0.25) is 0 Å². The maximum atomic E-state index is 12.0. The summed E-state index contributed by atoms with van der Waals surface area (Å²) in [4.78, 5) is 12.0. The summed E-state index contributed by atoms with van der Waals surface area (Å²) in [5.74, 6) is 0.476. The fourth-order valence-electron chi connectivity index (χ4n) is 1.88. The van der Waals surface area contributed by atoms with Crippen LogP contribution in [0.25, 0.3) is 0 Å². The third kappa shape index (κ3) is 5.96. The van der Waals surface area contributed by atoms with Gasteiger partial charge in [0.1, 0.15) is 5.78 Å². The number of hydrogen-bond donors (Lipinski definition) is 1. The minimum atomic E-state index is 0.142. The number of hydrogen-bond acceptors (Lipinski definition) is 2. The van der Waals surface area contributed by atoms with Gasteiger partial charge in [0, 0.05) is 22.0 Å². The lowest BCUT2D eigenvalue weighted by Crippen LogP contribution is -2.17. The van der Waals surface area contributed by atoms with E-state index in [4.69, 9.17) is 5.73 Å². The topological polar surface area (TPSA) is 43.1 Å². The van der Waals surface area contributed by atoms with Crippen molar-refractivity contribution in [1.82, 2.24) is 0 Å². The number of ketones is 1. The molecule has 0 aromatic heterocycles. The monoisotopic (exact) mass is 359 g/mol. The fourth-order valence-corrected chi connectivity index (χ4v) is 2.24. The molecule has 2 unspecified atom stereocenters. The maximum absolute atomic E-state index is 12.0. The molecule has 0 heterocycles. The van der Waals surface area contributed by atoms with Crippen LogP contribution >= 0.6 is 22.6 Å². The highest BCUT2D eigenvalue weighted by atomic mass is 127. The van der Waals surface area contributed by atoms with E-state index in [2.05, 4.69) is 22.6 Å². The van der Waals surface area contributed by atoms with Gasteiger partial charge in [0.05, 0.1) is 0 Å². The summed E-state index contributed by atoms with van der Waals surface area (Å²) in [5, 5.41) is 0. The third-order valence-corrected chi connectivity index (χ3v) is 3.86. The predicted molar refractivity (Wildman–Crippen MR) is 84.5 cm³/mol. The number of Topliss-reactive ketones (excluding diaryl/α,β-unsaturated/α-hetero) is 1. The fraction of sp³-hybridized carbons (Fsp3) is 0.533. The van der Waals surface area contributed by atoms with E-state index >= 15 is 0 Å². The van der Waals surface area contributed by atoms with Crippen molar-refractivity contribution in [2.24, 2.45) is 11.7 Å². The van der Waals surface area contributed by atoms with Crippen molar-refractivity contribution in [2.45, 2.75) is 45.6 Å². The molecule has 1 aromatic rings. The summed E-state index contributed by atoms with van der Waals surface area (Å²) < 4.78 is 1.20. The van der Waals surface area contributed by atoms with Gasteiger partial charge in [-0.3, -0.25) is 4.79 Å². The van der Waals surface area contributed by atoms with Crippen molar-refractivity contribution in [3.05, 3.63) is 33.4 Å². The molecule has 2 atom stereocenters. The minimum absolute atomic E-state index is 0.142. The first kappa shape index (κ1) is 15.6. The van der Waals surface area contributed by atoms with Gasteiger partial charge in [-0.25, -0.2) is 0 Å². The third-order valence-electron chi connectivity index (χ3n) is 3.14. The molecular formula is C15H22INO. The summed E-state index contributed by atoms with van der Waals surface area (Å²) in [6.07, 6.45) is 3.54. The summed E-state index contributed by atoms with van der Waals surface area (Å²) in [7, 11) is 0. The molecule has 2 N–H and O–H groups in total. The molecule has 1 aromatic carbocycles. The van der Waals surface area contributed by atoms with Crippen LogP contribution in [0.15, 0.2) is 24.3 Å². The summed E-state index contributed by atoms with van der Waals surface area (Å²) in [6.45, 7) is 4.04. The van der Waals surface area contributed by atoms with Gasteiger partial charge in [-0.1, -0.05) is 25.5 Å². The normalized spacial score (nSPS) is 14.2. The van der Waals surface area contributed by atoms with Crippen LogP contribution in [0.5, 0.6) is 0 Å². The van der Waals surface area contributed by atoms with Crippen molar-refractivity contribution in [1.29, 1.82) is 0 Å². The van der Waals surface area contributed by atoms with E-state index in [0.29, 0.717) is 12.2 Å². The van der Waals surface area contributed by atoms with Crippen molar-refractivity contribution in [3.63, 3.8) is 0 Å². The van der Waals surface area contributed by atoms with Crippen molar-refractivity contribution in [2.75, 3.05) is 0 Å². The first-order valence-electron chi connectivity index (χ1n) is 6.51. The Balaban J connectivity index is 2.37. The smallest absolute Gasteiger partial charge is 0.140 e. The van der Waals surface area contributed by atoms with Crippen LogP contribution in [0.4, 0.5) is 0 Å². The van der Waals surface area contributed by atoms with Gasteiger partial charge >= 0.3 is 0 Å². The van der Waals surface area contributed by atoms with E-state index in [1.54, 1.807) is 0 Å². The molecular weight excluding hydrogens is 337 g/mol. The van der Waals surface area contributed by atoms with Gasteiger partial charge in [-0.05, 0) is 60.1 Å². The second-order valence-electron chi connectivity index (χ2n) is 5.08. The highest BCUT2D eigenvalue weighted by Crippen LogP contribution is 2.14. The largest absolute Gasteiger partial charge is 0.328 e. The molecule has 0 spiro atoms. The molecule has 0 fully saturated rings. The number of rotatable bonds is 7. The van der Waals surface area contributed by atoms with Crippen LogP contribution < -0.4 is 5.73 Å². The molecule has 0 saturated heterocycles. The van der Waals surface area contributed by atoms with E-state index in [0.717, 1.165) is 24.8 Å². The van der Waals surface area contributed by atoms with Crippen molar-refractivity contribution < 1.29 is 4.79 Å². The Bertz CT molecular complexity index is 373. The van der Waals surface area contributed by atoms with Gasteiger partial charge in [-0.2, -0.15) is 0 Å². The highest BCUT2D eigenvalue weighted by molar-refractivity contribution is 14.1. The maximum Gasteiger partial charge on any atom is 0.140 e. The molecule has 2 nitrogen and oxygen atoms in total. The van der Waals surface area contributed by atoms with Gasteiger partial charge in [0.2, 0.25) is 0 Å². The van der Waals surface area contributed by atoms with Crippen LogP contribution in [0.1, 0.15) is 38.7 Å². The van der Waals surface area contributed by atoms with Crippen LogP contribution in [-0.2, 0) is 11.2 Å². The van der Waals surface area contributed by atoms with E-state index in [1.807, 2.05) is 38.1 Å². The Morgan fingerprint density at radius 2 is 1.83 bits per heavy atom.